The molecule has 0 atom stereocenters. The van der Waals surface area contributed by atoms with Crippen LogP contribution in [0, 0.1) is 5.82 Å². The van der Waals surface area contributed by atoms with Gasteiger partial charge in [-0.15, -0.1) is 0 Å². The molecule has 4 nitrogen and oxygen atoms in total. The van der Waals surface area contributed by atoms with Crippen LogP contribution in [0.25, 0.3) is 0 Å². The van der Waals surface area contributed by atoms with E-state index in [9.17, 15) is 9.18 Å². The van der Waals surface area contributed by atoms with Crippen molar-refractivity contribution in [2.75, 3.05) is 13.7 Å². The van der Waals surface area contributed by atoms with Gasteiger partial charge in [-0.05, 0) is 13.0 Å². The summed E-state index contributed by atoms with van der Waals surface area (Å²) in [4.78, 5) is 15.0. The Morgan fingerprint density at radius 2 is 2.33 bits per heavy atom. The number of carbonyl (C=O) groups is 1. The molecule has 0 aliphatic carbocycles. The van der Waals surface area contributed by atoms with E-state index >= 15 is 0 Å². The number of aromatic nitrogens is 1. The van der Waals surface area contributed by atoms with Crippen molar-refractivity contribution in [3.63, 3.8) is 0 Å². The molecule has 0 amide bonds. The molecule has 1 rings (SSSR count). The highest BCUT2D eigenvalue weighted by Gasteiger charge is 2.14. The number of esters is 1. The second-order valence-electron chi connectivity index (χ2n) is 2.75. The smallest absolute Gasteiger partial charge is 0.312 e. The van der Waals surface area contributed by atoms with Crippen molar-refractivity contribution in [2.24, 2.45) is 0 Å². The van der Waals surface area contributed by atoms with Crippen LogP contribution < -0.4 is 4.74 Å². The molecule has 0 fully saturated rings. The third kappa shape index (κ3) is 2.90. The monoisotopic (exact) mass is 213 g/mol. The molecule has 5 heteroatoms. The molecule has 0 spiro atoms. The highest BCUT2D eigenvalue weighted by Crippen LogP contribution is 2.20. The number of halogens is 1. The number of hydrogen-bond donors (Lipinski definition) is 0. The van der Waals surface area contributed by atoms with E-state index < -0.39 is 11.8 Å². The van der Waals surface area contributed by atoms with Gasteiger partial charge >= 0.3 is 5.97 Å². The maximum atomic E-state index is 13.2. The summed E-state index contributed by atoms with van der Waals surface area (Å²) in [6.45, 7) is 1.99. The summed E-state index contributed by atoms with van der Waals surface area (Å²) in [7, 11) is 1.33. The normalized spacial score (nSPS) is 9.80. The summed E-state index contributed by atoms with van der Waals surface area (Å²) < 4.78 is 22.7. The molecule has 1 heterocycles. The van der Waals surface area contributed by atoms with Gasteiger partial charge in [-0.25, -0.2) is 4.39 Å². The van der Waals surface area contributed by atoms with Gasteiger partial charge in [0.25, 0.3) is 0 Å². The molecule has 0 bridgehead atoms. The molecule has 0 aromatic carbocycles. The number of methoxy groups -OCH3 is 1. The Hall–Kier alpha value is -1.65. The second kappa shape index (κ2) is 5.29. The molecule has 0 N–H and O–H groups in total. The fourth-order valence-corrected chi connectivity index (χ4v) is 1.15. The summed E-state index contributed by atoms with van der Waals surface area (Å²) in [6, 6.07) is 1.17. The zero-order chi connectivity index (χ0) is 11.3. The van der Waals surface area contributed by atoms with Crippen LogP contribution in [0.1, 0.15) is 12.6 Å². The van der Waals surface area contributed by atoms with E-state index in [1.165, 1.54) is 19.4 Å². The Balaban J connectivity index is 2.84. The lowest BCUT2D eigenvalue weighted by molar-refractivity contribution is -0.142. The quantitative estimate of drug-likeness (QED) is 0.708. The van der Waals surface area contributed by atoms with Crippen LogP contribution in [0.15, 0.2) is 12.3 Å². The van der Waals surface area contributed by atoms with Crippen LogP contribution in [0.4, 0.5) is 4.39 Å². The van der Waals surface area contributed by atoms with E-state index in [-0.39, 0.29) is 24.5 Å². The van der Waals surface area contributed by atoms with Crippen LogP contribution in [0.5, 0.6) is 5.75 Å². The molecule has 0 aliphatic rings. The van der Waals surface area contributed by atoms with Crippen molar-refractivity contribution < 1.29 is 18.7 Å². The van der Waals surface area contributed by atoms with Crippen LogP contribution >= 0.6 is 0 Å². The first-order chi connectivity index (χ1) is 7.19. The lowest BCUT2D eigenvalue weighted by Crippen LogP contribution is -2.10. The minimum absolute atomic E-state index is 0.00875. The van der Waals surface area contributed by atoms with E-state index in [1.54, 1.807) is 6.92 Å². The Kier molecular flexibility index (Phi) is 4.03. The summed E-state index contributed by atoms with van der Waals surface area (Å²) in [5.41, 5.74) is 0.246. The Morgan fingerprint density at radius 1 is 1.60 bits per heavy atom. The zero-order valence-electron chi connectivity index (χ0n) is 8.62. The number of nitrogens with zero attached hydrogens (tertiary/aromatic N) is 1. The minimum atomic E-state index is -0.535. The van der Waals surface area contributed by atoms with Crippen molar-refractivity contribution in [1.82, 2.24) is 4.98 Å². The topological polar surface area (TPSA) is 48.4 Å². The predicted molar refractivity (Wildman–Crippen MR) is 51.1 cm³/mol. The molecular weight excluding hydrogens is 201 g/mol. The van der Waals surface area contributed by atoms with Gasteiger partial charge in [0.15, 0.2) is 11.6 Å². The number of hydrogen-bond acceptors (Lipinski definition) is 4. The van der Waals surface area contributed by atoms with E-state index in [0.29, 0.717) is 0 Å². The third-order valence-corrected chi connectivity index (χ3v) is 1.75. The molecule has 82 valence electrons. The summed E-state index contributed by atoms with van der Waals surface area (Å²) in [5, 5.41) is 0. The van der Waals surface area contributed by atoms with Gasteiger partial charge in [0.05, 0.1) is 25.8 Å². The number of rotatable bonds is 4. The van der Waals surface area contributed by atoms with Gasteiger partial charge in [-0.3, -0.25) is 9.78 Å². The Labute approximate surface area is 87.0 Å². The molecule has 0 unspecified atom stereocenters. The van der Waals surface area contributed by atoms with Crippen LogP contribution in [0.3, 0.4) is 0 Å². The van der Waals surface area contributed by atoms with Gasteiger partial charge < -0.3 is 9.47 Å². The van der Waals surface area contributed by atoms with Gasteiger partial charge in [0.2, 0.25) is 0 Å². The van der Waals surface area contributed by atoms with Crippen LogP contribution in [-0.2, 0) is 16.0 Å². The van der Waals surface area contributed by atoms with Crippen LogP contribution in [0.2, 0.25) is 0 Å². The first-order valence-corrected chi connectivity index (χ1v) is 4.52. The van der Waals surface area contributed by atoms with Gasteiger partial charge in [0.1, 0.15) is 0 Å². The predicted octanol–water partition coefficient (Wildman–Crippen LogP) is 1.33. The molecule has 1 aromatic heterocycles. The standard InChI is InChI=1S/C10H12FNO3/c1-3-15-9(13)6-8-10(14-2)7(11)4-5-12-8/h4-5H,3,6H2,1-2H3. The number of carbonyl (C=O) groups excluding carboxylic acids is 1. The maximum Gasteiger partial charge on any atom is 0.312 e. The summed E-state index contributed by atoms with van der Waals surface area (Å²) >= 11 is 0. The molecule has 15 heavy (non-hydrogen) atoms. The summed E-state index contributed by atoms with van der Waals surface area (Å²) in [6.07, 6.45) is 1.20. The van der Waals surface area contributed by atoms with E-state index in [2.05, 4.69) is 4.98 Å². The van der Waals surface area contributed by atoms with Crippen molar-refractivity contribution in [3.05, 3.63) is 23.8 Å². The van der Waals surface area contributed by atoms with Crippen molar-refractivity contribution >= 4 is 5.97 Å². The molecule has 0 aliphatic heterocycles. The fourth-order valence-electron chi connectivity index (χ4n) is 1.15. The van der Waals surface area contributed by atoms with Crippen molar-refractivity contribution in [2.45, 2.75) is 13.3 Å². The van der Waals surface area contributed by atoms with E-state index in [1.807, 2.05) is 0 Å². The zero-order valence-corrected chi connectivity index (χ0v) is 8.62. The highest BCUT2D eigenvalue weighted by molar-refractivity contribution is 5.72. The van der Waals surface area contributed by atoms with Crippen molar-refractivity contribution in [1.29, 1.82) is 0 Å². The molecular formula is C10H12FNO3. The maximum absolute atomic E-state index is 13.2. The van der Waals surface area contributed by atoms with E-state index in [4.69, 9.17) is 9.47 Å². The molecule has 0 saturated carbocycles. The van der Waals surface area contributed by atoms with Gasteiger partial charge in [-0.2, -0.15) is 0 Å². The second-order valence-corrected chi connectivity index (χ2v) is 2.75. The lowest BCUT2D eigenvalue weighted by atomic mass is 10.2. The average Bonchev–Trinajstić information content (AvgIpc) is 2.18. The average molecular weight is 213 g/mol. The minimum Gasteiger partial charge on any atom is -0.492 e. The number of pyridine rings is 1. The van der Waals surface area contributed by atoms with Gasteiger partial charge in [0, 0.05) is 6.20 Å². The lowest BCUT2D eigenvalue weighted by Gasteiger charge is -2.07. The third-order valence-electron chi connectivity index (χ3n) is 1.75. The van der Waals surface area contributed by atoms with Gasteiger partial charge in [-0.1, -0.05) is 0 Å². The van der Waals surface area contributed by atoms with Crippen LogP contribution in [-0.4, -0.2) is 24.7 Å². The first-order valence-electron chi connectivity index (χ1n) is 4.52. The Morgan fingerprint density at radius 3 is 2.93 bits per heavy atom. The number of ether oxygens (including phenoxy) is 2. The molecule has 0 radical (unpaired) electrons. The molecule has 1 aromatic rings. The van der Waals surface area contributed by atoms with E-state index in [0.717, 1.165) is 0 Å². The molecule has 0 saturated heterocycles. The largest absolute Gasteiger partial charge is 0.492 e. The first kappa shape index (κ1) is 11.4. The SMILES string of the molecule is CCOC(=O)Cc1nccc(F)c1OC. The Bertz CT molecular complexity index is 355. The summed E-state index contributed by atoms with van der Waals surface area (Å²) in [5.74, 6) is -0.994. The van der Waals surface area contributed by atoms with Crippen molar-refractivity contribution in [3.8, 4) is 5.75 Å². The highest BCUT2D eigenvalue weighted by atomic mass is 19.1. The fraction of sp³-hybridized carbons (Fsp3) is 0.400.